The van der Waals surface area contributed by atoms with E-state index in [0.717, 1.165) is 11.4 Å². The molecule has 0 aliphatic heterocycles. The molecule has 0 fully saturated rings. The van der Waals surface area contributed by atoms with Crippen molar-refractivity contribution >= 4 is 23.5 Å². The van der Waals surface area contributed by atoms with Crippen LogP contribution in [0.5, 0.6) is 0 Å². The molecule has 0 amide bonds. The average molecular weight is 388 g/mol. The molecule has 0 aliphatic rings. The highest BCUT2D eigenvalue weighted by Gasteiger charge is 2.18. The highest BCUT2D eigenvalue weighted by atomic mass is 35.5. The zero-order valence-corrected chi connectivity index (χ0v) is 16.7. The second-order valence-electron chi connectivity index (χ2n) is 6.70. The van der Waals surface area contributed by atoms with Crippen LogP contribution in [0.25, 0.3) is 11.5 Å². The molecule has 3 rings (SSSR count). The SMILES string of the molecule is CC(C)c1nc(NC(C)c2noc(-c3ccc(Cl)cc3)n2)nc(N(C)C)n1. The predicted molar refractivity (Wildman–Crippen MR) is 105 cm³/mol. The van der Waals surface area contributed by atoms with Crippen LogP contribution in [0.2, 0.25) is 5.02 Å². The Morgan fingerprint density at radius 2 is 1.67 bits per heavy atom. The fraction of sp³-hybridized carbons (Fsp3) is 0.389. The van der Waals surface area contributed by atoms with Gasteiger partial charge in [0.2, 0.25) is 11.9 Å². The molecule has 2 heterocycles. The van der Waals surface area contributed by atoms with Gasteiger partial charge in [-0.2, -0.15) is 19.9 Å². The van der Waals surface area contributed by atoms with Crippen molar-refractivity contribution in [1.29, 1.82) is 0 Å². The van der Waals surface area contributed by atoms with Crippen LogP contribution in [0.4, 0.5) is 11.9 Å². The Kier molecular flexibility index (Phi) is 5.55. The summed E-state index contributed by atoms with van der Waals surface area (Å²) in [5.41, 5.74) is 0.808. The monoisotopic (exact) mass is 387 g/mol. The number of benzene rings is 1. The van der Waals surface area contributed by atoms with Crippen LogP contribution in [0.15, 0.2) is 28.8 Å². The number of rotatable bonds is 6. The molecule has 142 valence electrons. The van der Waals surface area contributed by atoms with Gasteiger partial charge in [0.15, 0.2) is 5.82 Å². The molecule has 1 N–H and O–H groups in total. The van der Waals surface area contributed by atoms with E-state index in [1.165, 1.54) is 0 Å². The highest BCUT2D eigenvalue weighted by molar-refractivity contribution is 6.30. The molecule has 0 saturated carbocycles. The van der Waals surface area contributed by atoms with Gasteiger partial charge in [-0.25, -0.2) is 0 Å². The lowest BCUT2D eigenvalue weighted by atomic mass is 10.2. The summed E-state index contributed by atoms with van der Waals surface area (Å²) in [7, 11) is 3.79. The van der Waals surface area contributed by atoms with E-state index in [9.17, 15) is 0 Å². The maximum atomic E-state index is 5.92. The number of nitrogens with one attached hydrogen (secondary N) is 1. The number of hydrogen-bond donors (Lipinski definition) is 1. The van der Waals surface area contributed by atoms with Crippen molar-refractivity contribution in [3.05, 3.63) is 40.9 Å². The summed E-state index contributed by atoms with van der Waals surface area (Å²) in [6, 6.07) is 6.99. The van der Waals surface area contributed by atoms with Gasteiger partial charge in [-0.1, -0.05) is 30.6 Å². The molecule has 0 spiro atoms. The van der Waals surface area contributed by atoms with Crippen LogP contribution in [0.1, 0.15) is 44.4 Å². The number of anilines is 2. The topological polar surface area (TPSA) is 92.9 Å². The first-order valence-corrected chi connectivity index (χ1v) is 9.00. The standard InChI is InChI=1S/C18H22ClN7O/c1-10(2)14-22-17(24-18(23-14)26(4)5)20-11(3)15-21-16(27-25-15)12-6-8-13(19)9-7-12/h6-11H,1-5H3,(H,20,22,23,24). The number of halogens is 1. The van der Waals surface area contributed by atoms with Gasteiger partial charge >= 0.3 is 0 Å². The van der Waals surface area contributed by atoms with Gasteiger partial charge < -0.3 is 14.7 Å². The van der Waals surface area contributed by atoms with E-state index in [0.29, 0.717) is 28.6 Å². The van der Waals surface area contributed by atoms with Crippen molar-refractivity contribution in [1.82, 2.24) is 25.1 Å². The smallest absolute Gasteiger partial charge is 0.257 e. The Hall–Kier alpha value is -2.74. The van der Waals surface area contributed by atoms with Crippen LogP contribution in [-0.2, 0) is 0 Å². The van der Waals surface area contributed by atoms with Crippen molar-refractivity contribution < 1.29 is 4.52 Å². The molecule has 8 nitrogen and oxygen atoms in total. The Balaban J connectivity index is 1.81. The summed E-state index contributed by atoms with van der Waals surface area (Å²) < 4.78 is 5.37. The first-order chi connectivity index (χ1) is 12.8. The molecular weight excluding hydrogens is 366 g/mol. The van der Waals surface area contributed by atoms with Gasteiger partial charge in [-0.05, 0) is 31.2 Å². The quantitative estimate of drug-likeness (QED) is 0.679. The van der Waals surface area contributed by atoms with Gasteiger partial charge in [-0.3, -0.25) is 0 Å². The van der Waals surface area contributed by atoms with Gasteiger partial charge in [0.25, 0.3) is 5.89 Å². The van der Waals surface area contributed by atoms with Crippen molar-refractivity contribution in [3.63, 3.8) is 0 Å². The summed E-state index contributed by atoms with van der Waals surface area (Å²) in [4.78, 5) is 19.7. The molecule has 1 aromatic carbocycles. The van der Waals surface area contributed by atoms with E-state index in [1.807, 2.05) is 51.9 Å². The average Bonchev–Trinajstić information content (AvgIpc) is 3.12. The van der Waals surface area contributed by atoms with Crippen molar-refractivity contribution in [3.8, 4) is 11.5 Å². The summed E-state index contributed by atoms with van der Waals surface area (Å²) in [6.07, 6.45) is 0. The lowest BCUT2D eigenvalue weighted by Gasteiger charge is -2.16. The fourth-order valence-corrected chi connectivity index (χ4v) is 2.41. The Bertz CT molecular complexity index is 882. The largest absolute Gasteiger partial charge is 0.347 e. The molecule has 0 saturated heterocycles. The second-order valence-corrected chi connectivity index (χ2v) is 7.13. The summed E-state index contributed by atoms with van der Waals surface area (Å²) in [5.74, 6) is 2.92. The number of aromatic nitrogens is 5. The maximum Gasteiger partial charge on any atom is 0.257 e. The lowest BCUT2D eigenvalue weighted by molar-refractivity contribution is 0.419. The van der Waals surface area contributed by atoms with Crippen LogP contribution in [0.3, 0.4) is 0 Å². The molecule has 3 aromatic rings. The minimum absolute atomic E-state index is 0.184. The van der Waals surface area contributed by atoms with Gasteiger partial charge in [-0.15, -0.1) is 0 Å². The van der Waals surface area contributed by atoms with E-state index in [-0.39, 0.29) is 12.0 Å². The van der Waals surface area contributed by atoms with E-state index in [4.69, 9.17) is 16.1 Å². The maximum absolute atomic E-state index is 5.92. The summed E-state index contributed by atoms with van der Waals surface area (Å²) in [6.45, 7) is 6.00. The van der Waals surface area contributed by atoms with Crippen LogP contribution in [0, 0.1) is 0 Å². The van der Waals surface area contributed by atoms with Crippen molar-refractivity contribution in [2.45, 2.75) is 32.7 Å². The van der Waals surface area contributed by atoms with Crippen LogP contribution < -0.4 is 10.2 Å². The Labute approximate surface area is 163 Å². The first-order valence-electron chi connectivity index (χ1n) is 8.63. The van der Waals surface area contributed by atoms with E-state index < -0.39 is 0 Å². The second kappa shape index (κ2) is 7.87. The zero-order valence-electron chi connectivity index (χ0n) is 15.9. The minimum atomic E-state index is -0.243. The fourth-order valence-electron chi connectivity index (χ4n) is 2.28. The normalized spacial score (nSPS) is 12.3. The molecule has 0 aliphatic carbocycles. The van der Waals surface area contributed by atoms with Gasteiger partial charge in [0, 0.05) is 30.6 Å². The van der Waals surface area contributed by atoms with Crippen LogP contribution >= 0.6 is 11.6 Å². The molecule has 2 aromatic heterocycles. The van der Waals surface area contributed by atoms with Gasteiger partial charge in [0.05, 0.1) is 6.04 Å². The molecule has 1 atom stereocenters. The summed E-state index contributed by atoms with van der Waals surface area (Å²) in [5, 5.41) is 7.94. The third kappa shape index (κ3) is 4.51. The van der Waals surface area contributed by atoms with Crippen molar-refractivity contribution in [2.24, 2.45) is 0 Å². The molecule has 0 radical (unpaired) electrons. The lowest BCUT2D eigenvalue weighted by Crippen LogP contribution is -2.18. The molecule has 27 heavy (non-hydrogen) atoms. The molecule has 9 heteroatoms. The molecular formula is C18H22ClN7O. The predicted octanol–water partition coefficient (Wildman–Crippen LogP) is 3.94. The number of hydrogen-bond acceptors (Lipinski definition) is 8. The number of nitrogens with zero attached hydrogens (tertiary/aromatic N) is 6. The van der Waals surface area contributed by atoms with E-state index >= 15 is 0 Å². The molecule has 0 bridgehead atoms. The van der Waals surface area contributed by atoms with Crippen molar-refractivity contribution in [2.75, 3.05) is 24.3 Å². The third-order valence-electron chi connectivity index (χ3n) is 3.82. The van der Waals surface area contributed by atoms with Crippen LogP contribution in [-0.4, -0.2) is 39.2 Å². The Morgan fingerprint density at radius 1 is 0.963 bits per heavy atom. The third-order valence-corrected chi connectivity index (χ3v) is 4.08. The minimum Gasteiger partial charge on any atom is -0.347 e. The van der Waals surface area contributed by atoms with Gasteiger partial charge in [0.1, 0.15) is 5.82 Å². The van der Waals surface area contributed by atoms with E-state index in [2.05, 4.69) is 30.4 Å². The Morgan fingerprint density at radius 3 is 2.30 bits per heavy atom. The molecule has 1 unspecified atom stereocenters. The first kappa shape index (κ1) is 19.0. The van der Waals surface area contributed by atoms with E-state index in [1.54, 1.807) is 12.1 Å². The highest BCUT2D eigenvalue weighted by Crippen LogP contribution is 2.23. The zero-order chi connectivity index (χ0) is 19.6. The summed E-state index contributed by atoms with van der Waals surface area (Å²) >= 11 is 5.92.